The molecular weight excluding hydrogens is 202 g/mol. The van der Waals surface area contributed by atoms with Crippen LogP contribution in [0.25, 0.3) is 0 Å². The molecule has 0 unspecified atom stereocenters. The van der Waals surface area contributed by atoms with E-state index in [0.717, 1.165) is 11.4 Å². The monoisotopic (exact) mass is 223 g/mol. The van der Waals surface area contributed by atoms with Gasteiger partial charge in [-0.2, -0.15) is 0 Å². The number of ether oxygens (including phenoxy) is 1. The van der Waals surface area contributed by atoms with Crippen LogP contribution in [0.1, 0.15) is 20.8 Å². The number of nitrogens with zero attached hydrogens (tertiary/aromatic N) is 1. The van der Waals surface area contributed by atoms with Crippen molar-refractivity contribution in [1.29, 1.82) is 0 Å². The highest BCUT2D eigenvalue weighted by Crippen LogP contribution is 2.19. The molecule has 1 aromatic rings. The fourth-order valence-electron chi connectivity index (χ4n) is 1.64. The fraction of sp³-hybridized carbons (Fsp3) is 0.538. The number of hydrogen-bond acceptors (Lipinski definition) is 3. The van der Waals surface area contributed by atoms with Crippen molar-refractivity contribution in [2.45, 2.75) is 26.4 Å². The first-order valence-electron chi connectivity index (χ1n) is 5.59. The standard InChI is InChI=1S/C13H21NO2/c1-5-16-12-8-6-11(7-9-12)14(4)10-13(2,3)15/h6-9,15H,5,10H2,1-4H3. The Balaban J connectivity index is 2.66. The van der Waals surface area contributed by atoms with Gasteiger partial charge in [-0.1, -0.05) is 0 Å². The smallest absolute Gasteiger partial charge is 0.119 e. The predicted molar refractivity (Wildman–Crippen MR) is 67.2 cm³/mol. The highest BCUT2D eigenvalue weighted by atomic mass is 16.5. The van der Waals surface area contributed by atoms with Crippen molar-refractivity contribution in [3.8, 4) is 5.75 Å². The average Bonchev–Trinajstić information content (AvgIpc) is 2.16. The number of anilines is 1. The minimum absolute atomic E-state index is 0.598. The highest BCUT2D eigenvalue weighted by Gasteiger charge is 2.15. The molecule has 3 heteroatoms. The summed E-state index contributed by atoms with van der Waals surface area (Å²) in [5, 5.41) is 9.72. The molecule has 0 amide bonds. The van der Waals surface area contributed by atoms with Gasteiger partial charge in [0.15, 0.2) is 0 Å². The van der Waals surface area contributed by atoms with Crippen LogP contribution in [0.5, 0.6) is 5.75 Å². The molecule has 1 rings (SSSR count). The topological polar surface area (TPSA) is 32.7 Å². The van der Waals surface area contributed by atoms with E-state index in [-0.39, 0.29) is 0 Å². The Morgan fingerprint density at radius 2 is 1.81 bits per heavy atom. The van der Waals surface area contributed by atoms with Crippen LogP contribution in [0.2, 0.25) is 0 Å². The largest absolute Gasteiger partial charge is 0.494 e. The van der Waals surface area contributed by atoms with E-state index in [2.05, 4.69) is 0 Å². The number of rotatable bonds is 5. The van der Waals surface area contributed by atoms with Crippen molar-refractivity contribution in [2.75, 3.05) is 25.1 Å². The van der Waals surface area contributed by atoms with E-state index in [1.165, 1.54) is 0 Å². The Labute approximate surface area is 97.7 Å². The van der Waals surface area contributed by atoms with Gasteiger partial charge in [-0.25, -0.2) is 0 Å². The van der Waals surface area contributed by atoms with Crippen LogP contribution >= 0.6 is 0 Å². The summed E-state index contributed by atoms with van der Waals surface area (Å²) in [6, 6.07) is 7.88. The third-order valence-corrected chi connectivity index (χ3v) is 2.21. The quantitative estimate of drug-likeness (QED) is 0.831. The molecule has 0 saturated heterocycles. The summed E-state index contributed by atoms with van der Waals surface area (Å²) >= 11 is 0. The third-order valence-electron chi connectivity index (χ3n) is 2.21. The molecule has 0 aliphatic rings. The van der Waals surface area contributed by atoms with Crippen LogP contribution in [0.4, 0.5) is 5.69 Å². The molecule has 0 aliphatic carbocycles. The zero-order valence-corrected chi connectivity index (χ0v) is 10.5. The third kappa shape index (κ3) is 4.11. The summed E-state index contributed by atoms with van der Waals surface area (Å²) in [6.45, 7) is 6.85. The molecule has 0 atom stereocenters. The van der Waals surface area contributed by atoms with Gasteiger partial charge in [0.1, 0.15) is 5.75 Å². The van der Waals surface area contributed by atoms with Gasteiger partial charge in [0.25, 0.3) is 0 Å². The summed E-state index contributed by atoms with van der Waals surface area (Å²) in [7, 11) is 1.97. The van der Waals surface area contributed by atoms with Crippen molar-refractivity contribution in [1.82, 2.24) is 0 Å². The molecule has 0 aliphatic heterocycles. The molecule has 0 aromatic heterocycles. The molecule has 0 bridgehead atoms. The number of likely N-dealkylation sites (N-methyl/N-ethyl adjacent to an activating group) is 1. The van der Waals surface area contributed by atoms with Crippen LogP contribution in [0, 0.1) is 0 Å². The van der Waals surface area contributed by atoms with Gasteiger partial charge < -0.3 is 14.7 Å². The normalized spacial score (nSPS) is 11.3. The molecule has 0 fully saturated rings. The first-order valence-corrected chi connectivity index (χ1v) is 5.59. The zero-order chi connectivity index (χ0) is 12.2. The Bertz CT molecular complexity index is 314. The summed E-state index contributed by atoms with van der Waals surface area (Å²) in [6.07, 6.45) is 0. The van der Waals surface area contributed by atoms with Crippen LogP contribution in [0.3, 0.4) is 0 Å². The molecule has 0 spiro atoms. The summed E-state index contributed by atoms with van der Waals surface area (Å²) < 4.78 is 5.37. The maximum absolute atomic E-state index is 9.72. The lowest BCUT2D eigenvalue weighted by molar-refractivity contribution is 0.0886. The van der Waals surface area contributed by atoms with Gasteiger partial charge in [0, 0.05) is 19.3 Å². The van der Waals surface area contributed by atoms with E-state index in [4.69, 9.17) is 4.74 Å². The lowest BCUT2D eigenvalue weighted by Gasteiger charge is -2.27. The SMILES string of the molecule is CCOc1ccc(N(C)CC(C)(C)O)cc1. The van der Waals surface area contributed by atoms with Gasteiger partial charge >= 0.3 is 0 Å². The van der Waals surface area contributed by atoms with Crippen molar-refractivity contribution < 1.29 is 9.84 Å². The Hall–Kier alpha value is -1.22. The minimum atomic E-state index is -0.687. The number of hydrogen-bond donors (Lipinski definition) is 1. The summed E-state index contributed by atoms with van der Waals surface area (Å²) in [4.78, 5) is 2.02. The minimum Gasteiger partial charge on any atom is -0.494 e. The second kappa shape index (κ2) is 5.21. The number of aliphatic hydroxyl groups is 1. The van der Waals surface area contributed by atoms with Gasteiger partial charge in [0.2, 0.25) is 0 Å². The lowest BCUT2D eigenvalue weighted by atomic mass is 10.1. The van der Waals surface area contributed by atoms with E-state index >= 15 is 0 Å². The van der Waals surface area contributed by atoms with Gasteiger partial charge in [0.05, 0.1) is 12.2 Å². The van der Waals surface area contributed by atoms with E-state index in [1.807, 2.05) is 43.1 Å². The van der Waals surface area contributed by atoms with Crippen LogP contribution < -0.4 is 9.64 Å². The molecule has 1 N–H and O–H groups in total. The van der Waals surface area contributed by atoms with Crippen LogP contribution in [-0.2, 0) is 0 Å². The van der Waals surface area contributed by atoms with E-state index in [0.29, 0.717) is 13.2 Å². The maximum atomic E-state index is 9.72. The Morgan fingerprint density at radius 3 is 2.25 bits per heavy atom. The molecule has 1 aromatic carbocycles. The number of benzene rings is 1. The van der Waals surface area contributed by atoms with E-state index < -0.39 is 5.60 Å². The van der Waals surface area contributed by atoms with Crippen LogP contribution in [0.15, 0.2) is 24.3 Å². The lowest BCUT2D eigenvalue weighted by Crippen LogP contribution is -2.36. The zero-order valence-electron chi connectivity index (χ0n) is 10.5. The Kier molecular flexibility index (Phi) is 4.19. The molecule has 16 heavy (non-hydrogen) atoms. The van der Waals surface area contributed by atoms with Crippen molar-refractivity contribution in [3.63, 3.8) is 0 Å². The van der Waals surface area contributed by atoms with E-state index in [1.54, 1.807) is 13.8 Å². The van der Waals surface area contributed by atoms with Gasteiger partial charge in [-0.15, -0.1) is 0 Å². The van der Waals surface area contributed by atoms with Crippen molar-refractivity contribution >= 4 is 5.69 Å². The second-order valence-corrected chi connectivity index (χ2v) is 4.60. The highest BCUT2D eigenvalue weighted by molar-refractivity contribution is 5.48. The maximum Gasteiger partial charge on any atom is 0.119 e. The molecule has 0 heterocycles. The van der Waals surface area contributed by atoms with Crippen molar-refractivity contribution in [3.05, 3.63) is 24.3 Å². The predicted octanol–water partition coefficient (Wildman–Crippen LogP) is 2.29. The Morgan fingerprint density at radius 1 is 1.25 bits per heavy atom. The van der Waals surface area contributed by atoms with Crippen molar-refractivity contribution in [2.24, 2.45) is 0 Å². The molecule has 90 valence electrons. The average molecular weight is 223 g/mol. The first kappa shape index (κ1) is 12.8. The molecule has 0 radical (unpaired) electrons. The van der Waals surface area contributed by atoms with E-state index in [9.17, 15) is 5.11 Å². The molecule has 0 saturated carbocycles. The summed E-state index contributed by atoms with van der Waals surface area (Å²) in [5.41, 5.74) is 0.387. The molecule has 3 nitrogen and oxygen atoms in total. The van der Waals surface area contributed by atoms with Crippen LogP contribution in [-0.4, -0.2) is 30.9 Å². The summed E-state index contributed by atoms with van der Waals surface area (Å²) in [5.74, 6) is 0.878. The first-order chi connectivity index (χ1) is 7.42. The van der Waals surface area contributed by atoms with Gasteiger partial charge in [-0.05, 0) is 45.0 Å². The fourth-order valence-corrected chi connectivity index (χ4v) is 1.64. The van der Waals surface area contributed by atoms with Gasteiger partial charge in [-0.3, -0.25) is 0 Å². The second-order valence-electron chi connectivity index (χ2n) is 4.60. The molecular formula is C13H21NO2.